The van der Waals surface area contributed by atoms with Crippen LogP contribution >= 0.6 is 0 Å². The maximum Gasteiger partial charge on any atom is 0.268 e. The number of nitrogens with one attached hydrogen (secondary N) is 2. The molecule has 0 unspecified atom stereocenters. The molecule has 0 aliphatic rings. The van der Waals surface area contributed by atoms with E-state index >= 15 is 0 Å². The van der Waals surface area contributed by atoms with E-state index in [1.165, 1.54) is 21.3 Å². The van der Waals surface area contributed by atoms with Crippen molar-refractivity contribution in [2.75, 3.05) is 41.6 Å². The van der Waals surface area contributed by atoms with Crippen LogP contribution in [0.2, 0.25) is 0 Å². The summed E-state index contributed by atoms with van der Waals surface area (Å²) in [5, 5.41) is 11.8. The zero-order valence-electron chi connectivity index (χ0n) is 17.9. The minimum atomic E-state index is -0.336. The van der Waals surface area contributed by atoms with Gasteiger partial charge in [-0.1, -0.05) is 12.1 Å². The average Bonchev–Trinajstić information content (AvgIpc) is 3.26. The molecule has 2 aromatic carbocycles. The molecular formula is C23H26N2O6. The van der Waals surface area contributed by atoms with Crippen LogP contribution in [0.25, 0.3) is 22.3 Å². The van der Waals surface area contributed by atoms with Crippen LogP contribution in [0.15, 0.2) is 42.6 Å². The van der Waals surface area contributed by atoms with Crippen LogP contribution in [0.4, 0.5) is 0 Å². The van der Waals surface area contributed by atoms with E-state index < -0.39 is 0 Å². The van der Waals surface area contributed by atoms with Gasteiger partial charge in [-0.2, -0.15) is 0 Å². The molecule has 3 N–H and O–H groups in total. The molecule has 1 heterocycles. The van der Waals surface area contributed by atoms with Crippen molar-refractivity contribution in [1.29, 1.82) is 0 Å². The first-order valence-corrected chi connectivity index (χ1v) is 9.63. The van der Waals surface area contributed by atoms with Crippen LogP contribution in [-0.2, 0) is 0 Å². The molecule has 0 atom stereocenters. The van der Waals surface area contributed by atoms with Crippen LogP contribution in [-0.4, -0.2) is 57.6 Å². The zero-order valence-corrected chi connectivity index (χ0v) is 17.9. The zero-order chi connectivity index (χ0) is 22.4. The van der Waals surface area contributed by atoms with Gasteiger partial charge in [0.15, 0.2) is 11.5 Å². The van der Waals surface area contributed by atoms with E-state index in [0.29, 0.717) is 34.1 Å². The molecule has 0 spiro atoms. The summed E-state index contributed by atoms with van der Waals surface area (Å²) in [6.45, 7) is -0.0122. The Morgan fingerprint density at radius 1 is 0.935 bits per heavy atom. The highest BCUT2D eigenvalue weighted by Gasteiger charge is 2.23. The molecule has 0 fully saturated rings. The van der Waals surface area contributed by atoms with E-state index in [9.17, 15) is 4.79 Å². The van der Waals surface area contributed by atoms with E-state index in [0.717, 1.165) is 16.9 Å². The average molecular weight is 426 g/mol. The van der Waals surface area contributed by atoms with Crippen molar-refractivity contribution in [3.05, 3.63) is 48.3 Å². The van der Waals surface area contributed by atoms with Crippen LogP contribution in [0, 0.1) is 0 Å². The number of aliphatic hydroxyl groups is 1. The monoisotopic (exact) mass is 426 g/mol. The van der Waals surface area contributed by atoms with Crippen molar-refractivity contribution in [1.82, 2.24) is 10.3 Å². The summed E-state index contributed by atoms with van der Waals surface area (Å²) < 4.78 is 21.7. The number of amides is 1. The normalized spacial score (nSPS) is 10.5. The Morgan fingerprint density at radius 3 is 2.10 bits per heavy atom. The highest BCUT2D eigenvalue weighted by Crippen LogP contribution is 2.44. The van der Waals surface area contributed by atoms with Crippen molar-refractivity contribution in [3.8, 4) is 45.3 Å². The minimum Gasteiger partial charge on any atom is -0.497 e. The van der Waals surface area contributed by atoms with Crippen LogP contribution in [0.5, 0.6) is 23.0 Å². The number of benzene rings is 2. The molecule has 0 saturated heterocycles. The predicted octanol–water partition coefficient (Wildman–Crippen LogP) is 3.11. The van der Waals surface area contributed by atoms with Crippen LogP contribution in [0.1, 0.15) is 10.5 Å². The highest BCUT2D eigenvalue weighted by molar-refractivity contribution is 6.04. The molecule has 3 rings (SSSR count). The molecule has 8 heteroatoms. The van der Waals surface area contributed by atoms with Gasteiger partial charge in [-0.3, -0.25) is 4.79 Å². The van der Waals surface area contributed by atoms with E-state index in [4.69, 9.17) is 24.1 Å². The van der Waals surface area contributed by atoms with E-state index in [1.807, 2.05) is 24.3 Å². The van der Waals surface area contributed by atoms with Gasteiger partial charge >= 0.3 is 0 Å². The van der Waals surface area contributed by atoms with Gasteiger partial charge in [0.25, 0.3) is 5.91 Å². The molecule has 0 radical (unpaired) electrons. The Labute approximate surface area is 180 Å². The fourth-order valence-corrected chi connectivity index (χ4v) is 3.38. The van der Waals surface area contributed by atoms with Gasteiger partial charge in [0.1, 0.15) is 11.4 Å². The minimum absolute atomic E-state index is 0.143. The topological polar surface area (TPSA) is 102 Å². The van der Waals surface area contributed by atoms with Gasteiger partial charge in [0, 0.05) is 23.9 Å². The van der Waals surface area contributed by atoms with Gasteiger partial charge in [0.2, 0.25) is 5.75 Å². The molecule has 0 saturated carbocycles. The number of hydrogen-bond acceptors (Lipinski definition) is 6. The Hall–Kier alpha value is -3.65. The fraction of sp³-hybridized carbons (Fsp3) is 0.261. The van der Waals surface area contributed by atoms with Crippen molar-refractivity contribution in [2.45, 2.75) is 0 Å². The third-order valence-electron chi connectivity index (χ3n) is 4.86. The number of aromatic nitrogens is 1. The number of aliphatic hydroxyl groups excluding tert-OH is 1. The van der Waals surface area contributed by atoms with E-state index in [-0.39, 0.29) is 19.1 Å². The number of H-pyrrole nitrogens is 1. The largest absolute Gasteiger partial charge is 0.497 e. The summed E-state index contributed by atoms with van der Waals surface area (Å²) >= 11 is 0. The number of hydrogen-bond donors (Lipinski definition) is 3. The van der Waals surface area contributed by atoms with Crippen molar-refractivity contribution >= 4 is 5.91 Å². The number of methoxy groups -OCH3 is 4. The molecule has 1 amide bonds. The molecule has 1 aromatic heterocycles. The second-order valence-corrected chi connectivity index (χ2v) is 6.57. The summed E-state index contributed by atoms with van der Waals surface area (Å²) in [4.78, 5) is 15.9. The molecule has 8 nitrogen and oxygen atoms in total. The molecule has 31 heavy (non-hydrogen) atoms. The molecular weight excluding hydrogens is 400 g/mol. The lowest BCUT2D eigenvalue weighted by Gasteiger charge is -2.16. The van der Waals surface area contributed by atoms with Crippen molar-refractivity contribution in [2.24, 2.45) is 0 Å². The summed E-state index contributed by atoms with van der Waals surface area (Å²) in [5.41, 5.74) is 3.43. The number of ether oxygens (including phenoxy) is 4. The number of carbonyl (C=O) groups excluding carboxylic acids is 1. The van der Waals surface area contributed by atoms with Crippen molar-refractivity contribution < 1.29 is 28.8 Å². The Kier molecular flexibility index (Phi) is 7.04. The molecule has 0 aliphatic carbocycles. The summed E-state index contributed by atoms with van der Waals surface area (Å²) in [6.07, 6.45) is 1.77. The summed E-state index contributed by atoms with van der Waals surface area (Å²) in [7, 11) is 6.22. The first-order chi connectivity index (χ1) is 15.1. The van der Waals surface area contributed by atoms with Gasteiger partial charge in [-0.25, -0.2) is 0 Å². The maximum atomic E-state index is 12.8. The fourth-order valence-electron chi connectivity index (χ4n) is 3.38. The summed E-state index contributed by atoms with van der Waals surface area (Å²) in [6, 6.07) is 11.1. The second-order valence-electron chi connectivity index (χ2n) is 6.57. The lowest BCUT2D eigenvalue weighted by Crippen LogP contribution is -2.27. The van der Waals surface area contributed by atoms with Crippen LogP contribution in [0.3, 0.4) is 0 Å². The highest BCUT2D eigenvalue weighted by atomic mass is 16.5. The standard InChI is InChI=1S/C23H26N2O6/c1-28-16-7-5-14(6-8-16)17-13-25-21(23(27)24-9-10-26)20(17)15-11-18(29-2)22(31-4)19(12-15)30-3/h5-8,11-13,25-26H,9-10H2,1-4H3,(H,24,27). The predicted molar refractivity (Wildman–Crippen MR) is 117 cm³/mol. The van der Waals surface area contributed by atoms with E-state index in [2.05, 4.69) is 10.3 Å². The first kappa shape index (κ1) is 22.0. The SMILES string of the molecule is COc1ccc(-c2c[nH]c(C(=O)NCCO)c2-c2cc(OC)c(OC)c(OC)c2)cc1. The van der Waals surface area contributed by atoms with E-state index in [1.54, 1.807) is 25.4 Å². The number of aromatic amines is 1. The Balaban J connectivity index is 2.22. The van der Waals surface area contributed by atoms with Gasteiger partial charge < -0.3 is 34.4 Å². The molecule has 0 aliphatic heterocycles. The van der Waals surface area contributed by atoms with Gasteiger partial charge in [0.05, 0.1) is 35.0 Å². The third-order valence-corrected chi connectivity index (χ3v) is 4.86. The molecule has 3 aromatic rings. The maximum absolute atomic E-state index is 12.8. The lowest BCUT2D eigenvalue weighted by atomic mass is 9.95. The molecule has 0 bridgehead atoms. The number of rotatable bonds is 9. The second kappa shape index (κ2) is 9.90. The first-order valence-electron chi connectivity index (χ1n) is 9.63. The van der Waals surface area contributed by atoms with Crippen LogP contribution < -0.4 is 24.3 Å². The van der Waals surface area contributed by atoms with Gasteiger partial charge in [-0.15, -0.1) is 0 Å². The van der Waals surface area contributed by atoms with Crippen molar-refractivity contribution in [3.63, 3.8) is 0 Å². The summed E-state index contributed by atoms with van der Waals surface area (Å²) in [5.74, 6) is 1.80. The lowest BCUT2D eigenvalue weighted by molar-refractivity contribution is 0.0941. The number of carbonyl (C=O) groups is 1. The smallest absolute Gasteiger partial charge is 0.268 e. The molecule has 164 valence electrons. The quantitative estimate of drug-likeness (QED) is 0.486. The third kappa shape index (κ3) is 4.44. The Morgan fingerprint density at radius 2 is 1.58 bits per heavy atom. The van der Waals surface area contributed by atoms with Gasteiger partial charge in [-0.05, 0) is 35.4 Å². The Bertz CT molecular complexity index is 1020.